The highest BCUT2D eigenvalue weighted by Gasteiger charge is 2.39. The SMILES string of the molecule is Cn1ncc(-c2ccc3c(c2)CN(C2CCC(=O)NC2=O)C3=O)c1-c1ccccc1C#N. The molecule has 158 valence electrons. The Morgan fingerprint density at radius 1 is 1.09 bits per heavy atom. The lowest BCUT2D eigenvalue weighted by Gasteiger charge is -2.29. The third kappa shape index (κ3) is 3.06. The van der Waals surface area contributed by atoms with Crippen LogP contribution in [0, 0.1) is 11.3 Å². The van der Waals surface area contributed by atoms with Crippen LogP contribution in [0.2, 0.25) is 0 Å². The van der Waals surface area contributed by atoms with Crippen molar-refractivity contribution >= 4 is 17.7 Å². The number of rotatable bonds is 3. The minimum absolute atomic E-state index is 0.206. The van der Waals surface area contributed by atoms with E-state index in [1.165, 1.54) is 4.90 Å². The first-order valence-corrected chi connectivity index (χ1v) is 10.3. The zero-order valence-electron chi connectivity index (χ0n) is 17.3. The molecule has 8 nitrogen and oxygen atoms in total. The van der Waals surface area contributed by atoms with Gasteiger partial charge in [0.1, 0.15) is 6.04 Å². The Morgan fingerprint density at radius 2 is 1.91 bits per heavy atom. The maximum Gasteiger partial charge on any atom is 0.255 e. The minimum Gasteiger partial charge on any atom is -0.322 e. The Balaban J connectivity index is 1.52. The summed E-state index contributed by atoms with van der Waals surface area (Å²) in [6, 6.07) is 14.5. The number of benzene rings is 2. The van der Waals surface area contributed by atoms with Crippen molar-refractivity contribution in [1.82, 2.24) is 20.0 Å². The van der Waals surface area contributed by atoms with Gasteiger partial charge in [0, 0.05) is 36.7 Å². The number of nitrogens with zero attached hydrogens (tertiary/aromatic N) is 4. The van der Waals surface area contributed by atoms with Gasteiger partial charge in [0.25, 0.3) is 5.91 Å². The monoisotopic (exact) mass is 425 g/mol. The summed E-state index contributed by atoms with van der Waals surface area (Å²) in [6.45, 7) is 0.304. The number of hydrogen-bond donors (Lipinski definition) is 1. The average molecular weight is 425 g/mol. The van der Waals surface area contributed by atoms with E-state index in [2.05, 4.69) is 16.5 Å². The quantitative estimate of drug-likeness (QED) is 0.648. The van der Waals surface area contributed by atoms with Crippen LogP contribution in [-0.4, -0.2) is 38.4 Å². The Hall–Kier alpha value is -4.25. The largest absolute Gasteiger partial charge is 0.322 e. The number of fused-ring (bicyclic) bond motifs is 1. The summed E-state index contributed by atoms with van der Waals surface area (Å²) in [7, 11) is 1.83. The molecule has 0 spiro atoms. The van der Waals surface area contributed by atoms with Gasteiger partial charge in [0.2, 0.25) is 11.8 Å². The van der Waals surface area contributed by atoms with Gasteiger partial charge in [-0.05, 0) is 35.7 Å². The van der Waals surface area contributed by atoms with Crippen LogP contribution in [0.15, 0.2) is 48.7 Å². The van der Waals surface area contributed by atoms with Crippen molar-refractivity contribution in [1.29, 1.82) is 5.26 Å². The van der Waals surface area contributed by atoms with Crippen molar-refractivity contribution in [3.63, 3.8) is 0 Å². The van der Waals surface area contributed by atoms with Crippen molar-refractivity contribution in [2.24, 2.45) is 7.05 Å². The predicted molar refractivity (Wildman–Crippen MR) is 115 cm³/mol. The lowest BCUT2D eigenvalue weighted by molar-refractivity contribution is -0.136. The number of nitriles is 1. The molecule has 1 atom stereocenters. The number of aryl methyl sites for hydroxylation is 1. The fraction of sp³-hybridized carbons (Fsp3) is 0.208. The van der Waals surface area contributed by atoms with E-state index >= 15 is 0 Å². The minimum atomic E-state index is -0.646. The van der Waals surface area contributed by atoms with Crippen LogP contribution in [0.5, 0.6) is 0 Å². The zero-order chi connectivity index (χ0) is 22.4. The summed E-state index contributed by atoms with van der Waals surface area (Å²) in [5.74, 6) is -0.938. The molecule has 32 heavy (non-hydrogen) atoms. The molecule has 0 bridgehead atoms. The molecule has 1 saturated heterocycles. The smallest absolute Gasteiger partial charge is 0.255 e. The second-order valence-corrected chi connectivity index (χ2v) is 7.96. The Labute approximate surface area is 184 Å². The fourth-order valence-electron chi connectivity index (χ4n) is 4.50. The number of imide groups is 1. The number of carbonyl (C=O) groups excluding carboxylic acids is 3. The highest BCUT2D eigenvalue weighted by atomic mass is 16.2. The Kier molecular flexibility index (Phi) is 4.59. The Morgan fingerprint density at radius 3 is 2.69 bits per heavy atom. The molecule has 5 rings (SSSR count). The van der Waals surface area contributed by atoms with Gasteiger partial charge in [-0.3, -0.25) is 24.4 Å². The van der Waals surface area contributed by atoms with Crippen LogP contribution in [0.3, 0.4) is 0 Å². The van der Waals surface area contributed by atoms with E-state index in [0.717, 1.165) is 27.9 Å². The molecular formula is C24H19N5O3. The molecule has 0 aliphatic carbocycles. The lowest BCUT2D eigenvalue weighted by Crippen LogP contribution is -2.52. The first-order chi connectivity index (χ1) is 15.5. The van der Waals surface area contributed by atoms with E-state index in [-0.39, 0.29) is 18.2 Å². The second kappa shape index (κ2) is 7.46. The van der Waals surface area contributed by atoms with E-state index in [0.29, 0.717) is 24.1 Å². The number of nitrogens with one attached hydrogen (secondary N) is 1. The molecule has 1 unspecified atom stereocenters. The van der Waals surface area contributed by atoms with E-state index < -0.39 is 11.9 Å². The summed E-state index contributed by atoms with van der Waals surface area (Å²) in [4.78, 5) is 38.2. The van der Waals surface area contributed by atoms with Crippen molar-refractivity contribution in [2.45, 2.75) is 25.4 Å². The summed E-state index contributed by atoms with van der Waals surface area (Å²) >= 11 is 0. The van der Waals surface area contributed by atoms with Gasteiger partial charge in [-0.25, -0.2) is 0 Å². The molecule has 0 saturated carbocycles. The van der Waals surface area contributed by atoms with Gasteiger partial charge in [-0.15, -0.1) is 0 Å². The maximum absolute atomic E-state index is 13.0. The van der Waals surface area contributed by atoms with Gasteiger partial charge in [-0.2, -0.15) is 10.4 Å². The predicted octanol–water partition coefficient (Wildman–Crippen LogP) is 2.39. The van der Waals surface area contributed by atoms with Crippen molar-refractivity contribution in [3.8, 4) is 28.5 Å². The number of piperidine rings is 1. The first kappa shape index (κ1) is 19.7. The molecule has 2 aliphatic rings. The van der Waals surface area contributed by atoms with Crippen LogP contribution >= 0.6 is 0 Å². The first-order valence-electron chi connectivity index (χ1n) is 10.3. The second-order valence-electron chi connectivity index (χ2n) is 7.96. The van der Waals surface area contributed by atoms with E-state index in [1.54, 1.807) is 23.0 Å². The molecule has 1 aromatic heterocycles. The number of aromatic nitrogens is 2. The molecule has 3 heterocycles. The standard InChI is InChI=1S/C24H19N5O3/c1-28-22(17-5-3-2-4-15(17)11-25)19(12-26-28)14-6-7-18-16(10-14)13-29(24(18)32)20-8-9-21(30)27-23(20)31/h2-7,10,12,20H,8-9,13H2,1H3,(H,27,30,31). The van der Waals surface area contributed by atoms with Crippen LogP contribution < -0.4 is 5.32 Å². The molecule has 3 aromatic rings. The number of hydrogen-bond acceptors (Lipinski definition) is 5. The molecule has 0 radical (unpaired) electrons. The summed E-state index contributed by atoms with van der Waals surface area (Å²) in [5, 5.41) is 16.3. The van der Waals surface area contributed by atoms with E-state index in [4.69, 9.17) is 0 Å². The summed E-state index contributed by atoms with van der Waals surface area (Å²) < 4.78 is 1.74. The number of carbonyl (C=O) groups is 3. The van der Waals surface area contributed by atoms with Crippen LogP contribution in [0.4, 0.5) is 0 Å². The van der Waals surface area contributed by atoms with Crippen LogP contribution in [-0.2, 0) is 23.2 Å². The van der Waals surface area contributed by atoms with Gasteiger partial charge in [0.05, 0.1) is 23.5 Å². The molecule has 1 fully saturated rings. The summed E-state index contributed by atoms with van der Waals surface area (Å²) in [6.07, 6.45) is 2.30. The molecule has 8 heteroatoms. The normalized spacial score (nSPS) is 17.8. The molecule has 3 amide bonds. The third-order valence-corrected chi connectivity index (χ3v) is 6.08. The molecule has 2 aliphatic heterocycles. The topological polar surface area (TPSA) is 108 Å². The van der Waals surface area contributed by atoms with Gasteiger partial charge in [0.15, 0.2) is 0 Å². The number of amides is 3. The molecule has 2 aromatic carbocycles. The highest BCUT2D eigenvalue weighted by molar-refractivity contribution is 6.05. The van der Waals surface area contributed by atoms with Crippen molar-refractivity contribution in [2.75, 3.05) is 0 Å². The Bertz CT molecular complexity index is 1330. The van der Waals surface area contributed by atoms with Crippen molar-refractivity contribution < 1.29 is 14.4 Å². The average Bonchev–Trinajstić information content (AvgIpc) is 3.33. The van der Waals surface area contributed by atoms with Crippen LogP contribution in [0.25, 0.3) is 22.4 Å². The van der Waals surface area contributed by atoms with E-state index in [1.807, 2.05) is 37.4 Å². The van der Waals surface area contributed by atoms with Gasteiger partial charge >= 0.3 is 0 Å². The maximum atomic E-state index is 13.0. The third-order valence-electron chi connectivity index (χ3n) is 6.08. The molecule has 1 N–H and O–H groups in total. The zero-order valence-corrected chi connectivity index (χ0v) is 17.3. The van der Waals surface area contributed by atoms with Crippen molar-refractivity contribution in [3.05, 3.63) is 65.4 Å². The van der Waals surface area contributed by atoms with Gasteiger partial charge in [-0.1, -0.05) is 24.3 Å². The molecular weight excluding hydrogens is 406 g/mol. The van der Waals surface area contributed by atoms with Gasteiger partial charge < -0.3 is 4.90 Å². The van der Waals surface area contributed by atoms with Crippen LogP contribution in [0.1, 0.15) is 34.3 Å². The highest BCUT2D eigenvalue weighted by Crippen LogP contribution is 2.36. The lowest BCUT2D eigenvalue weighted by atomic mass is 9.96. The summed E-state index contributed by atoms with van der Waals surface area (Å²) in [5.41, 5.74) is 5.25. The van der Waals surface area contributed by atoms with E-state index in [9.17, 15) is 19.6 Å². The fourth-order valence-corrected chi connectivity index (χ4v) is 4.50.